The van der Waals surface area contributed by atoms with Crippen LogP contribution in [0.5, 0.6) is 0 Å². The Morgan fingerprint density at radius 2 is 1.83 bits per heavy atom. The molecular weight excluding hydrogens is 469 g/mol. The second kappa shape index (κ2) is 9.37. The Balaban J connectivity index is 1.51. The Hall–Kier alpha value is -3.93. The molecule has 1 aliphatic heterocycles. The van der Waals surface area contributed by atoms with Gasteiger partial charge in [-0.1, -0.05) is 0 Å². The molecule has 0 atom stereocenters. The number of piperazine rings is 1. The van der Waals surface area contributed by atoms with Crippen molar-refractivity contribution in [2.24, 2.45) is 0 Å². The number of carbonyl (C=O) groups is 1. The van der Waals surface area contributed by atoms with Crippen LogP contribution in [0.1, 0.15) is 18.1 Å². The third-order valence-corrected chi connectivity index (χ3v) is 5.76. The molecule has 1 aliphatic rings. The average molecular weight is 490 g/mol. The van der Waals surface area contributed by atoms with Crippen LogP contribution in [0.3, 0.4) is 0 Å². The quantitative estimate of drug-likeness (QED) is 0.327. The Kier molecular flexibility index (Phi) is 6.48. The predicted molar refractivity (Wildman–Crippen MR) is 122 cm³/mol. The maximum absolute atomic E-state index is 13.0. The number of nitro benzene ring substituents is 1. The van der Waals surface area contributed by atoms with Gasteiger partial charge < -0.3 is 14.6 Å². The molecule has 1 amide bonds. The minimum absolute atomic E-state index is 0.138. The average Bonchev–Trinajstić information content (AvgIpc) is 2.78. The van der Waals surface area contributed by atoms with E-state index in [1.54, 1.807) is 23.1 Å². The van der Waals surface area contributed by atoms with Gasteiger partial charge in [-0.05, 0) is 29.8 Å². The molecule has 0 unspecified atom stereocenters. The number of rotatable bonds is 5. The fraction of sp³-hybridized carbons (Fsp3) is 0.304. The summed E-state index contributed by atoms with van der Waals surface area (Å²) in [5, 5.41) is 14.8. The number of nitro groups is 1. The number of hydrogen-bond acceptors (Lipinski definition) is 7. The number of nitrogens with one attached hydrogen (secondary N) is 1. The SMILES string of the molecule is CC(=O)Nc1ccc2c(CN3CCN(c4ccc(C(F)(F)F)cc4[N+](=O)[O-])CC3)cc(=O)oc2c1. The highest BCUT2D eigenvalue weighted by Gasteiger charge is 2.34. The van der Waals surface area contributed by atoms with E-state index in [4.69, 9.17) is 4.42 Å². The monoisotopic (exact) mass is 490 g/mol. The minimum atomic E-state index is -4.67. The molecule has 0 saturated carbocycles. The van der Waals surface area contributed by atoms with Gasteiger partial charge in [-0.25, -0.2) is 4.79 Å². The van der Waals surface area contributed by atoms with E-state index in [0.29, 0.717) is 55.4 Å². The van der Waals surface area contributed by atoms with Crippen LogP contribution >= 0.6 is 0 Å². The molecule has 9 nitrogen and oxygen atoms in total. The van der Waals surface area contributed by atoms with E-state index in [9.17, 15) is 32.9 Å². The molecule has 2 heterocycles. The van der Waals surface area contributed by atoms with Gasteiger partial charge in [0.05, 0.1) is 10.5 Å². The van der Waals surface area contributed by atoms with Crippen molar-refractivity contribution in [1.29, 1.82) is 0 Å². The van der Waals surface area contributed by atoms with Crippen molar-refractivity contribution >= 4 is 33.9 Å². The van der Waals surface area contributed by atoms with Gasteiger partial charge >= 0.3 is 11.8 Å². The van der Waals surface area contributed by atoms with Gasteiger partial charge in [-0.3, -0.25) is 19.8 Å². The number of nitrogens with zero attached hydrogens (tertiary/aromatic N) is 3. The summed E-state index contributed by atoms with van der Waals surface area (Å²) in [6.45, 7) is 3.45. The number of amides is 1. The van der Waals surface area contributed by atoms with Crippen LogP contribution in [0.2, 0.25) is 0 Å². The van der Waals surface area contributed by atoms with E-state index in [0.717, 1.165) is 17.7 Å². The van der Waals surface area contributed by atoms with Crippen molar-refractivity contribution in [1.82, 2.24) is 4.90 Å². The Morgan fingerprint density at radius 3 is 2.46 bits per heavy atom. The number of alkyl halides is 3. The summed E-state index contributed by atoms with van der Waals surface area (Å²) in [4.78, 5) is 37.7. The molecule has 0 radical (unpaired) electrons. The summed E-state index contributed by atoms with van der Waals surface area (Å²) in [6.07, 6.45) is -4.67. The number of benzene rings is 2. The Labute approximate surface area is 196 Å². The highest BCUT2D eigenvalue weighted by molar-refractivity contribution is 5.92. The van der Waals surface area contributed by atoms with E-state index in [-0.39, 0.29) is 11.6 Å². The molecular formula is C23H21F3N4O5. The van der Waals surface area contributed by atoms with Gasteiger partial charge in [0.15, 0.2) is 0 Å². The molecule has 0 aliphatic carbocycles. The lowest BCUT2D eigenvalue weighted by Crippen LogP contribution is -2.46. The van der Waals surface area contributed by atoms with Crippen LogP contribution in [0.4, 0.5) is 30.2 Å². The van der Waals surface area contributed by atoms with Gasteiger partial charge in [0.25, 0.3) is 5.69 Å². The summed E-state index contributed by atoms with van der Waals surface area (Å²) >= 11 is 0. The van der Waals surface area contributed by atoms with Crippen LogP contribution < -0.4 is 15.8 Å². The second-order valence-corrected chi connectivity index (χ2v) is 8.20. The van der Waals surface area contributed by atoms with E-state index in [1.165, 1.54) is 13.0 Å². The molecule has 1 N–H and O–H groups in total. The zero-order valence-electron chi connectivity index (χ0n) is 18.6. The van der Waals surface area contributed by atoms with Crippen molar-refractivity contribution in [3.8, 4) is 0 Å². The molecule has 2 aromatic carbocycles. The fourth-order valence-electron chi connectivity index (χ4n) is 4.14. The molecule has 12 heteroatoms. The maximum Gasteiger partial charge on any atom is 0.416 e. The largest absolute Gasteiger partial charge is 0.423 e. The first kappa shape index (κ1) is 24.2. The van der Waals surface area contributed by atoms with E-state index >= 15 is 0 Å². The van der Waals surface area contributed by atoms with Crippen molar-refractivity contribution < 1.29 is 27.3 Å². The Morgan fingerprint density at radius 1 is 1.11 bits per heavy atom. The molecule has 0 spiro atoms. The first-order valence-electron chi connectivity index (χ1n) is 10.7. The molecule has 4 rings (SSSR count). The van der Waals surface area contributed by atoms with Gasteiger partial charge in [-0.2, -0.15) is 13.2 Å². The van der Waals surface area contributed by atoms with Gasteiger partial charge in [0.2, 0.25) is 5.91 Å². The molecule has 184 valence electrons. The lowest BCUT2D eigenvalue weighted by atomic mass is 10.1. The molecule has 1 aromatic heterocycles. The fourth-order valence-corrected chi connectivity index (χ4v) is 4.14. The smallest absolute Gasteiger partial charge is 0.416 e. The van der Waals surface area contributed by atoms with Crippen LogP contribution in [0.15, 0.2) is 51.7 Å². The molecule has 1 saturated heterocycles. The second-order valence-electron chi connectivity index (χ2n) is 8.20. The highest BCUT2D eigenvalue weighted by Crippen LogP contribution is 2.37. The van der Waals surface area contributed by atoms with Gasteiger partial charge in [-0.15, -0.1) is 0 Å². The van der Waals surface area contributed by atoms with Gasteiger partial charge in [0.1, 0.15) is 11.3 Å². The van der Waals surface area contributed by atoms with Crippen LogP contribution in [-0.4, -0.2) is 41.9 Å². The van der Waals surface area contributed by atoms with Crippen LogP contribution in [-0.2, 0) is 17.5 Å². The number of halogens is 3. The summed E-state index contributed by atoms with van der Waals surface area (Å²) in [6, 6.07) is 8.97. The molecule has 35 heavy (non-hydrogen) atoms. The summed E-state index contributed by atoms with van der Waals surface area (Å²) in [5.74, 6) is -0.256. The topological polar surface area (TPSA) is 109 Å². The summed E-state index contributed by atoms with van der Waals surface area (Å²) < 4.78 is 44.3. The predicted octanol–water partition coefficient (Wildman–Crippen LogP) is 4.00. The molecule has 0 bridgehead atoms. The highest BCUT2D eigenvalue weighted by atomic mass is 19.4. The van der Waals surface area contributed by atoms with Crippen molar-refractivity contribution in [3.05, 3.63) is 74.1 Å². The zero-order chi connectivity index (χ0) is 25.3. The van der Waals surface area contributed by atoms with Crippen LogP contribution in [0, 0.1) is 10.1 Å². The van der Waals surface area contributed by atoms with Crippen molar-refractivity contribution in [2.45, 2.75) is 19.6 Å². The first-order chi connectivity index (χ1) is 16.5. The maximum atomic E-state index is 13.0. The third kappa shape index (κ3) is 5.43. The normalized spacial score (nSPS) is 14.8. The number of fused-ring (bicyclic) bond motifs is 1. The van der Waals surface area contributed by atoms with Crippen LogP contribution in [0.25, 0.3) is 11.0 Å². The Bertz CT molecular complexity index is 1350. The minimum Gasteiger partial charge on any atom is -0.423 e. The van der Waals surface area contributed by atoms with Crippen molar-refractivity contribution in [2.75, 3.05) is 36.4 Å². The standard InChI is InChI=1S/C23H21F3N4O5/c1-14(31)27-17-3-4-18-15(10-22(32)35-21(18)12-17)13-28-6-8-29(9-7-28)19-5-2-16(23(24,25)26)11-20(19)30(33)34/h2-5,10-12H,6-9,13H2,1H3,(H,27,31). The molecule has 3 aromatic rings. The van der Waals surface area contributed by atoms with E-state index in [1.807, 2.05) is 4.90 Å². The number of carbonyl (C=O) groups excluding carboxylic acids is 1. The summed E-state index contributed by atoms with van der Waals surface area (Å²) in [5.41, 5.74) is -0.502. The van der Waals surface area contributed by atoms with Gasteiger partial charge in [0, 0.05) is 68.9 Å². The van der Waals surface area contributed by atoms with E-state index < -0.39 is 28.0 Å². The zero-order valence-corrected chi connectivity index (χ0v) is 18.6. The van der Waals surface area contributed by atoms with E-state index in [2.05, 4.69) is 5.32 Å². The molecule has 1 fully saturated rings. The lowest BCUT2D eigenvalue weighted by molar-refractivity contribution is -0.384. The summed E-state index contributed by atoms with van der Waals surface area (Å²) in [7, 11) is 0. The number of anilines is 2. The third-order valence-electron chi connectivity index (χ3n) is 5.76. The lowest BCUT2D eigenvalue weighted by Gasteiger charge is -2.36. The first-order valence-corrected chi connectivity index (χ1v) is 10.7. The van der Waals surface area contributed by atoms with Crippen molar-refractivity contribution in [3.63, 3.8) is 0 Å². The number of hydrogen-bond donors (Lipinski definition) is 1.